The molecule has 2 amide bonds. The van der Waals surface area contributed by atoms with Gasteiger partial charge in [-0.25, -0.2) is 13.1 Å². The first-order valence-corrected chi connectivity index (χ1v) is 21.9. The van der Waals surface area contributed by atoms with Crippen molar-refractivity contribution in [2.75, 3.05) is 126 Å². The highest BCUT2D eigenvalue weighted by Crippen LogP contribution is 2.38. The SMILES string of the molecule is CNCCOCCOCCOCCNC(=O)c1ccc(C(=O)NCCOCCOCCOCCNS(=O)(=O)c2ccc([C@@H]3CN(C)Cc4c(Cl)cc(Cl)cc43)cc2)cc1. The lowest BCUT2D eigenvalue weighted by Gasteiger charge is -2.33. The van der Waals surface area contributed by atoms with E-state index in [4.69, 9.17) is 51.6 Å². The van der Waals surface area contributed by atoms with Gasteiger partial charge in [0.05, 0.1) is 84.2 Å². The molecule has 0 aliphatic carbocycles. The van der Waals surface area contributed by atoms with Crippen molar-refractivity contribution >= 4 is 45.0 Å². The van der Waals surface area contributed by atoms with E-state index < -0.39 is 10.0 Å². The van der Waals surface area contributed by atoms with Crippen LogP contribution in [-0.2, 0) is 45.0 Å². The summed E-state index contributed by atoms with van der Waals surface area (Å²) in [6.07, 6.45) is 0. The lowest BCUT2D eigenvalue weighted by molar-refractivity contribution is 0.0159. The van der Waals surface area contributed by atoms with Gasteiger partial charge in [0, 0.05) is 66.4 Å². The Morgan fingerprint density at radius 1 is 0.661 bits per heavy atom. The summed E-state index contributed by atoms with van der Waals surface area (Å²) in [7, 11) is 0.175. The summed E-state index contributed by atoms with van der Waals surface area (Å²) in [6, 6.07) is 16.9. The van der Waals surface area contributed by atoms with Gasteiger partial charge < -0.3 is 49.3 Å². The number of carbonyl (C=O) groups is 2. The molecule has 0 bridgehead atoms. The molecule has 4 rings (SSSR count). The Labute approximate surface area is 357 Å². The number of halogens is 2. The molecule has 1 atom stereocenters. The van der Waals surface area contributed by atoms with Crippen LogP contribution in [0.4, 0.5) is 0 Å². The minimum atomic E-state index is -3.72. The fourth-order valence-corrected chi connectivity index (χ4v) is 7.63. The van der Waals surface area contributed by atoms with Crippen LogP contribution in [0.1, 0.15) is 43.3 Å². The molecule has 1 aliphatic rings. The fraction of sp³-hybridized carbons (Fsp3) is 0.512. The summed E-state index contributed by atoms with van der Waals surface area (Å²) >= 11 is 12.8. The Kier molecular flexibility index (Phi) is 22.1. The van der Waals surface area contributed by atoms with Crippen LogP contribution in [0.3, 0.4) is 0 Å². The van der Waals surface area contributed by atoms with Crippen LogP contribution in [0.2, 0.25) is 10.0 Å². The number of fused-ring (bicyclic) bond motifs is 1. The number of hydrogen-bond donors (Lipinski definition) is 4. The number of amides is 2. The van der Waals surface area contributed by atoms with Crippen molar-refractivity contribution in [3.05, 3.63) is 98.5 Å². The molecule has 0 spiro atoms. The highest BCUT2D eigenvalue weighted by molar-refractivity contribution is 7.89. The molecule has 0 saturated heterocycles. The van der Waals surface area contributed by atoms with Gasteiger partial charge >= 0.3 is 0 Å². The van der Waals surface area contributed by atoms with Gasteiger partial charge in [-0.15, -0.1) is 0 Å². The molecule has 59 heavy (non-hydrogen) atoms. The van der Waals surface area contributed by atoms with Gasteiger partial charge in [-0.3, -0.25) is 9.59 Å². The number of rotatable bonds is 29. The van der Waals surface area contributed by atoms with E-state index in [0.29, 0.717) is 100 Å². The van der Waals surface area contributed by atoms with Crippen molar-refractivity contribution in [1.82, 2.24) is 25.6 Å². The molecule has 0 radical (unpaired) electrons. The molecule has 1 heterocycles. The first-order chi connectivity index (χ1) is 28.6. The predicted molar refractivity (Wildman–Crippen MR) is 226 cm³/mol. The molecule has 0 fully saturated rings. The monoisotopic (exact) mass is 881 g/mol. The summed E-state index contributed by atoms with van der Waals surface area (Å²) in [4.78, 5) is 27.2. The minimum Gasteiger partial charge on any atom is -0.378 e. The number of nitrogens with one attached hydrogen (secondary N) is 4. The van der Waals surface area contributed by atoms with Gasteiger partial charge in [0.25, 0.3) is 11.8 Å². The van der Waals surface area contributed by atoms with E-state index >= 15 is 0 Å². The summed E-state index contributed by atoms with van der Waals surface area (Å²) in [5.41, 5.74) is 3.94. The van der Waals surface area contributed by atoms with Gasteiger partial charge in [0.15, 0.2) is 0 Å². The van der Waals surface area contributed by atoms with E-state index in [2.05, 4.69) is 25.6 Å². The molecule has 3 aromatic carbocycles. The van der Waals surface area contributed by atoms with E-state index in [-0.39, 0.29) is 42.4 Å². The Morgan fingerprint density at radius 3 is 1.61 bits per heavy atom. The first-order valence-electron chi connectivity index (χ1n) is 19.6. The smallest absolute Gasteiger partial charge is 0.251 e. The van der Waals surface area contributed by atoms with Gasteiger partial charge in [-0.2, -0.15) is 0 Å². The van der Waals surface area contributed by atoms with E-state index in [1.54, 1.807) is 42.5 Å². The van der Waals surface area contributed by atoms with Crippen molar-refractivity contribution < 1.29 is 46.4 Å². The molecule has 0 saturated carbocycles. The highest BCUT2D eigenvalue weighted by atomic mass is 35.5. The summed E-state index contributed by atoms with van der Waals surface area (Å²) < 4.78 is 61.1. The molecule has 1 aliphatic heterocycles. The zero-order valence-corrected chi connectivity index (χ0v) is 36.1. The second-order valence-corrected chi connectivity index (χ2v) is 16.1. The lowest BCUT2D eigenvalue weighted by Crippen LogP contribution is -2.31. The van der Waals surface area contributed by atoms with Gasteiger partial charge in [0.2, 0.25) is 10.0 Å². The second kappa shape index (κ2) is 26.9. The third kappa shape index (κ3) is 17.3. The summed E-state index contributed by atoms with van der Waals surface area (Å²) in [6.45, 7) is 7.69. The number of sulfonamides is 1. The molecular formula is C41H57Cl2N5O10S. The molecule has 3 aromatic rings. The molecule has 0 unspecified atom stereocenters. The van der Waals surface area contributed by atoms with Gasteiger partial charge in [-0.1, -0.05) is 35.3 Å². The Bertz CT molecular complexity index is 1820. The average Bonchev–Trinajstić information content (AvgIpc) is 3.23. The average molecular weight is 883 g/mol. The van der Waals surface area contributed by atoms with E-state index in [1.807, 2.05) is 32.3 Å². The zero-order chi connectivity index (χ0) is 42.3. The van der Waals surface area contributed by atoms with Crippen molar-refractivity contribution in [3.63, 3.8) is 0 Å². The third-order valence-corrected chi connectivity index (χ3v) is 11.1. The van der Waals surface area contributed by atoms with Crippen molar-refractivity contribution in [2.45, 2.75) is 17.4 Å². The lowest BCUT2D eigenvalue weighted by atomic mass is 9.85. The predicted octanol–water partition coefficient (Wildman–Crippen LogP) is 3.33. The second-order valence-electron chi connectivity index (χ2n) is 13.5. The van der Waals surface area contributed by atoms with Crippen LogP contribution in [0, 0.1) is 0 Å². The van der Waals surface area contributed by atoms with Crippen molar-refractivity contribution in [1.29, 1.82) is 0 Å². The number of likely N-dealkylation sites (N-methyl/N-ethyl adjacent to an activating group) is 2. The van der Waals surface area contributed by atoms with Crippen LogP contribution in [0.25, 0.3) is 0 Å². The van der Waals surface area contributed by atoms with Crippen molar-refractivity contribution in [3.8, 4) is 0 Å². The molecule has 0 aromatic heterocycles. The normalized spacial score (nSPS) is 14.3. The number of hydrogen-bond acceptors (Lipinski definition) is 12. The molecule has 15 nitrogen and oxygen atoms in total. The molecular weight excluding hydrogens is 825 g/mol. The first kappa shape index (κ1) is 48.4. The zero-order valence-electron chi connectivity index (χ0n) is 33.8. The minimum absolute atomic E-state index is 0.0128. The van der Waals surface area contributed by atoms with E-state index in [0.717, 1.165) is 36.3 Å². The molecule has 4 N–H and O–H groups in total. The number of nitrogens with zero attached hydrogens (tertiary/aromatic N) is 1. The Balaban J connectivity index is 0.973. The van der Waals surface area contributed by atoms with Crippen LogP contribution in [-0.4, -0.2) is 151 Å². The molecule has 326 valence electrons. The van der Waals surface area contributed by atoms with E-state index in [1.165, 1.54) is 0 Å². The Hall–Kier alpha value is -3.23. The quantitative estimate of drug-likeness (QED) is 0.0751. The summed E-state index contributed by atoms with van der Waals surface area (Å²) in [5, 5.41) is 9.77. The van der Waals surface area contributed by atoms with Crippen LogP contribution in [0.15, 0.2) is 65.6 Å². The number of ether oxygens (including phenoxy) is 6. The topological polar surface area (TPSA) is 175 Å². The van der Waals surface area contributed by atoms with Crippen LogP contribution < -0.4 is 20.7 Å². The number of benzene rings is 3. The van der Waals surface area contributed by atoms with Crippen LogP contribution >= 0.6 is 23.2 Å². The molecule has 18 heteroatoms. The van der Waals surface area contributed by atoms with Crippen molar-refractivity contribution in [2.24, 2.45) is 0 Å². The van der Waals surface area contributed by atoms with Crippen LogP contribution in [0.5, 0.6) is 0 Å². The van der Waals surface area contributed by atoms with E-state index in [9.17, 15) is 18.0 Å². The fourth-order valence-electron chi connectivity index (χ4n) is 6.05. The maximum Gasteiger partial charge on any atom is 0.251 e. The maximum atomic E-state index is 12.9. The van der Waals surface area contributed by atoms with Gasteiger partial charge in [0.1, 0.15) is 0 Å². The van der Waals surface area contributed by atoms with Gasteiger partial charge in [-0.05, 0) is 79.3 Å². The maximum absolute atomic E-state index is 12.9. The Morgan fingerprint density at radius 2 is 1.12 bits per heavy atom. The number of carbonyl (C=O) groups excluding carboxylic acids is 2. The highest BCUT2D eigenvalue weighted by Gasteiger charge is 2.27. The standard InChI is InChI=1S/C41H57Cl2N5O10S/c1-44-11-15-53-19-23-57-24-20-54-16-12-45-40(49)32-3-5-33(6-4-32)41(50)46-13-17-55-21-25-58-26-22-56-18-14-47-59(51,52)35-9-7-31(8-10-35)37-29-48(2)30-38-36(37)27-34(42)28-39(38)43/h3-10,27-28,37,44,47H,11-26,29-30H2,1-2H3,(H,45,49)(H,46,50)/t37-/m0/s1. The largest absolute Gasteiger partial charge is 0.378 e. The third-order valence-electron chi connectivity index (χ3n) is 9.08. The summed E-state index contributed by atoms with van der Waals surface area (Å²) in [5.74, 6) is -0.521.